The maximum absolute atomic E-state index is 12.8. The zero-order chi connectivity index (χ0) is 43.0. The van der Waals surface area contributed by atoms with Gasteiger partial charge in [0.05, 0.1) is 0 Å². The Hall–Kier alpha value is -3.15. The van der Waals surface area contributed by atoms with Crippen molar-refractivity contribution in [2.75, 3.05) is 13.2 Å². The molecule has 0 aliphatic rings. The van der Waals surface area contributed by atoms with Gasteiger partial charge in [0.1, 0.15) is 13.2 Å². The summed E-state index contributed by atoms with van der Waals surface area (Å²) < 4.78 is 16.7. The van der Waals surface area contributed by atoms with E-state index in [1.807, 2.05) is 6.08 Å². The van der Waals surface area contributed by atoms with Gasteiger partial charge < -0.3 is 14.2 Å². The molecule has 0 N–H and O–H groups in total. The monoisotopic (exact) mass is 823 g/mol. The third-order valence-electron chi connectivity index (χ3n) is 10.2. The summed E-state index contributed by atoms with van der Waals surface area (Å²) in [6.07, 6.45) is 59.0. The largest absolute Gasteiger partial charge is 0.462 e. The van der Waals surface area contributed by atoms with Crippen LogP contribution in [-0.2, 0) is 28.6 Å². The van der Waals surface area contributed by atoms with E-state index < -0.39 is 6.10 Å². The Bertz CT molecular complexity index is 1130. The molecule has 0 aliphatic carbocycles. The van der Waals surface area contributed by atoms with E-state index in [9.17, 15) is 14.4 Å². The van der Waals surface area contributed by atoms with E-state index >= 15 is 0 Å². The fourth-order valence-electron chi connectivity index (χ4n) is 6.57. The molecule has 0 saturated heterocycles. The Labute approximate surface area is 363 Å². The Morgan fingerprint density at radius 1 is 0.356 bits per heavy atom. The fraction of sp³-hybridized carbons (Fsp3) is 0.717. The molecule has 0 amide bonds. The van der Waals surface area contributed by atoms with E-state index in [-0.39, 0.29) is 37.5 Å². The van der Waals surface area contributed by atoms with E-state index in [1.165, 1.54) is 89.9 Å². The van der Waals surface area contributed by atoms with Gasteiger partial charge in [0.2, 0.25) is 0 Å². The zero-order valence-electron chi connectivity index (χ0n) is 38.5. The molecule has 0 aromatic heterocycles. The second-order valence-electron chi connectivity index (χ2n) is 16.0. The molecular formula is C53H90O6. The van der Waals surface area contributed by atoms with Crippen LogP contribution in [0.2, 0.25) is 0 Å². The quantitative estimate of drug-likeness (QED) is 0.0264. The molecule has 0 saturated carbocycles. The van der Waals surface area contributed by atoms with Crippen molar-refractivity contribution in [3.8, 4) is 0 Å². The first kappa shape index (κ1) is 55.9. The van der Waals surface area contributed by atoms with Crippen LogP contribution in [0.4, 0.5) is 0 Å². The number of carbonyl (C=O) groups is 3. The summed E-state index contributed by atoms with van der Waals surface area (Å²) in [6.45, 7) is 6.34. The number of carbonyl (C=O) groups excluding carboxylic acids is 3. The van der Waals surface area contributed by atoms with E-state index in [2.05, 4.69) is 87.6 Å². The van der Waals surface area contributed by atoms with Crippen LogP contribution in [0.1, 0.15) is 226 Å². The smallest absolute Gasteiger partial charge is 0.306 e. The zero-order valence-corrected chi connectivity index (χ0v) is 38.5. The summed E-state index contributed by atoms with van der Waals surface area (Å²) >= 11 is 0. The molecule has 0 heterocycles. The van der Waals surface area contributed by atoms with Crippen LogP contribution in [0.3, 0.4) is 0 Å². The van der Waals surface area contributed by atoms with Crippen molar-refractivity contribution in [1.82, 2.24) is 0 Å². The fourth-order valence-corrected chi connectivity index (χ4v) is 6.57. The maximum atomic E-state index is 12.8. The van der Waals surface area contributed by atoms with E-state index in [1.54, 1.807) is 0 Å². The molecule has 338 valence electrons. The SMILES string of the molecule is CC/C=C/C/C=C/CCCCCCCCCC(=O)OCC(COC(=O)CC/C=C/C/C=C/CCCCCCCC)OC(=O)CCCCCCCCC/C=C/C/C=C/CC. The minimum atomic E-state index is -0.804. The normalized spacial score (nSPS) is 12.7. The molecule has 59 heavy (non-hydrogen) atoms. The Morgan fingerprint density at radius 2 is 0.695 bits per heavy atom. The first-order chi connectivity index (χ1) is 29.0. The molecule has 0 rings (SSSR count). The predicted octanol–water partition coefficient (Wildman–Crippen LogP) is 15.9. The molecule has 1 atom stereocenters. The van der Waals surface area contributed by atoms with Gasteiger partial charge in [-0.2, -0.15) is 0 Å². The van der Waals surface area contributed by atoms with E-state index in [4.69, 9.17) is 14.2 Å². The lowest BCUT2D eigenvalue weighted by atomic mass is 10.1. The minimum Gasteiger partial charge on any atom is -0.462 e. The number of unbranched alkanes of at least 4 members (excludes halogenated alkanes) is 20. The summed E-state index contributed by atoms with van der Waals surface area (Å²) in [7, 11) is 0. The predicted molar refractivity (Wildman–Crippen MR) is 251 cm³/mol. The first-order valence-corrected chi connectivity index (χ1v) is 24.4. The third kappa shape index (κ3) is 45.8. The van der Waals surface area contributed by atoms with Crippen molar-refractivity contribution in [2.45, 2.75) is 232 Å². The van der Waals surface area contributed by atoms with Gasteiger partial charge in [-0.05, 0) is 89.9 Å². The summed E-state index contributed by atoms with van der Waals surface area (Å²) in [5.74, 6) is -0.989. The number of hydrogen-bond donors (Lipinski definition) is 0. The second-order valence-corrected chi connectivity index (χ2v) is 16.0. The maximum Gasteiger partial charge on any atom is 0.306 e. The van der Waals surface area contributed by atoms with Crippen molar-refractivity contribution in [2.24, 2.45) is 0 Å². The van der Waals surface area contributed by atoms with Crippen molar-refractivity contribution in [3.63, 3.8) is 0 Å². The van der Waals surface area contributed by atoms with Gasteiger partial charge in [0.25, 0.3) is 0 Å². The third-order valence-corrected chi connectivity index (χ3v) is 10.2. The molecule has 0 aliphatic heterocycles. The molecule has 0 spiro atoms. The molecule has 0 aromatic carbocycles. The highest BCUT2D eigenvalue weighted by atomic mass is 16.6. The molecular weight excluding hydrogens is 733 g/mol. The number of hydrogen-bond acceptors (Lipinski definition) is 6. The van der Waals surface area contributed by atoms with Crippen molar-refractivity contribution < 1.29 is 28.6 Å². The average Bonchev–Trinajstić information content (AvgIpc) is 3.23. The summed E-state index contributed by atoms with van der Waals surface area (Å²) in [5, 5.41) is 0. The summed E-state index contributed by atoms with van der Waals surface area (Å²) in [4.78, 5) is 37.8. The Morgan fingerprint density at radius 3 is 1.12 bits per heavy atom. The molecule has 0 radical (unpaired) electrons. The second kappa shape index (κ2) is 47.5. The highest BCUT2D eigenvalue weighted by Crippen LogP contribution is 2.14. The lowest BCUT2D eigenvalue weighted by Gasteiger charge is -2.18. The summed E-state index contributed by atoms with van der Waals surface area (Å²) in [5.41, 5.74) is 0. The van der Waals surface area contributed by atoms with Crippen molar-refractivity contribution in [1.29, 1.82) is 0 Å². The lowest BCUT2D eigenvalue weighted by Crippen LogP contribution is -2.30. The van der Waals surface area contributed by atoms with Crippen LogP contribution in [0.15, 0.2) is 72.9 Å². The molecule has 0 bridgehead atoms. The van der Waals surface area contributed by atoms with Gasteiger partial charge in [0.15, 0.2) is 6.10 Å². The minimum absolute atomic E-state index is 0.100. The van der Waals surface area contributed by atoms with Gasteiger partial charge in [-0.1, -0.05) is 190 Å². The van der Waals surface area contributed by atoms with Gasteiger partial charge in [0, 0.05) is 19.3 Å². The van der Waals surface area contributed by atoms with E-state index in [0.29, 0.717) is 19.3 Å². The van der Waals surface area contributed by atoms with Crippen LogP contribution in [0.5, 0.6) is 0 Å². The number of allylic oxidation sites excluding steroid dienone is 12. The number of ether oxygens (including phenoxy) is 3. The molecule has 6 nitrogen and oxygen atoms in total. The summed E-state index contributed by atoms with van der Waals surface area (Å²) in [6, 6.07) is 0. The van der Waals surface area contributed by atoms with Gasteiger partial charge in [-0.25, -0.2) is 0 Å². The van der Waals surface area contributed by atoms with Crippen molar-refractivity contribution in [3.05, 3.63) is 72.9 Å². The first-order valence-electron chi connectivity index (χ1n) is 24.4. The highest BCUT2D eigenvalue weighted by molar-refractivity contribution is 5.71. The number of rotatable bonds is 43. The van der Waals surface area contributed by atoms with Gasteiger partial charge >= 0.3 is 17.9 Å². The molecule has 0 aromatic rings. The molecule has 6 heteroatoms. The van der Waals surface area contributed by atoms with Crippen LogP contribution in [0, 0.1) is 0 Å². The van der Waals surface area contributed by atoms with Crippen LogP contribution >= 0.6 is 0 Å². The number of esters is 3. The van der Waals surface area contributed by atoms with Crippen molar-refractivity contribution >= 4 is 17.9 Å². The standard InChI is InChI=1S/C53H90O6/c1-4-7-10-13-16-19-22-25-28-31-34-37-40-43-46-52(55)58-49-50(48-57-51(54)45-42-39-36-33-30-27-24-21-18-15-12-9-6-3)59-53(56)47-44-41-38-35-32-29-26-23-20-17-14-11-8-5-2/h7-8,10-11,16-17,19-20,27,30,36,39,50H,4-6,9,12-15,18,21-26,28-29,31-35,37-38,40-49H2,1-3H3/b10-7+,11-8+,19-16+,20-17+,30-27+,39-36+. The topological polar surface area (TPSA) is 78.9 Å². The van der Waals surface area contributed by atoms with Gasteiger partial charge in [-0.15, -0.1) is 0 Å². The van der Waals surface area contributed by atoms with Crippen LogP contribution in [-0.4, -0.2) is 37.2 Å². The van der Waals surface area contributed by atoms with Crippen LogP contribution < -0.4 is 0 Å². The Kier molecular flexibility index (Phi) is 45.0. The Balaban J connectivity index is 4.47. The van der Waals surface area contributed by atoms with E-state index in [0.717, 1.165) is 89.9 Å². The highest BCUT2D eigenvalue weighted by Gasteiger charge is 2.19. The molecule has 0 fully saturated rings. The molecule has 1 unspecified atom stereocenters. The van der Waals surface area contributed by atoms with Gasteiger partial charge in [-0.3, -0.25) is 14.4 Å². The lowest BCUT2D eigenvalue weighted by molar-refractivity contribution is -0.166. The van der Waals surface area contributed by atoms with Crippen LogP contribution in [0.25, 0.3) is 0 Å². The average molecular weight is 823 g/mol.